The van der Waals surface area contributed by atoms with Crippen molar-refractivity contribution in [3.05, 3.63) is 0 Å². The molecule has 0 atom stereocenters. The summed E-state index contributed by atoms with van der Waals surface area (Å²) in [6, 6.07) is 0. The summed E-state index contributed by atoms with van der Waals surface area (Å²) in [5, 5.41) is 0. The fourth-order valence-corrected chi connectivity index (χ4v) is 3.43. The summed E-state index contributed by atoms with van der Waals surface area (Å²) in [6.45, 7) is 7.38. The molecule has 1 rings (SSSR count). The van der Waals surface area contributed by atoms with E-state index < -0.39 is 0 Å². The van der Waals surface area contributed by atoms with Crippen LogP contribution in [-0.4, -0.2) is 18.6 Å². The van der Waals surface area contributed by atoms with Crippen LogP contribution in [0.1, 0.15) is 72.1 Å². The third-order valence-corrected chi connectivity index (χ3v) is 5.07. The highest BCUT2D eigenvalue weighted by Gasteiger charge is 2.34. The molecule has 2 heteroatoms. The van der Waals surface area contributed by atoms with E-state index >= 15 is 0 Å². The molecule has 1 saturated carbocycles. The van der Waals surface area contributed by atoms with E-state index in [9.17, 15) is 0 Å². The second-order valence-corrected chi connectivity index (χ2v) is 6.66. The first-order chi connectivity index (χ1) is 8.62. The van der Waals surface area contributed by atoms with Crippen LogP contribution in [0.2, 0.25) is 0 Å². The van der Waals surface area contributed by atoms with Gasteiger partial charge >= 0.3 is 0 Å². The minimum Gasteiger partial charge on any atom is -0.379 e. The van der Waals surface area contributed by atoms with Gasteiger partial charge in [-0.3, -0.25) is 0 Å². The molecule has 0 bridgehead atoms. The van der Waals surface area contributed by atoms with Gasteiger partial charge in [-0.05, 0) is 57.3 Å². The summed E-state index contributed by atoms with van der Waals surface area (Å²) in [6.07, 6.45) is 11.0. The van der Waals surface area contributed by atoms with E-state index in [0.29, 0.717) is 11.5 Å². The van der Waals surface area contributed by atoms with Gasteiger partial charge < -0.3 is 4.74 Å². The third kappa shape index (κ3) is 5.48. The van der Waals surface area contributed by atoms with Gasteiger partial charge in [0.05, 0.1) is 6.10 Å². The molecule has 1 nitrogen and oxygen atoms in total. The lowest BCUT2D eigenvalue weighted by Crippen LogP contribution is -2.31. The van der Waals surface area contributed by atoms with Crippen LogP contribution >= 0.6 is 11.6 Å². The molecule has 0 aromatic heterocycles. The Balaban J connectivity index is 2.30. The normalized spacial score (nSPS) is 28.8. The summed E-state index contributed by atoms with van der Waals surface area (Å²) < 4.78 is 5.70. The zero-order valence-electron chi connectivity index (χ0n) is 12.5. The zero-order valence-corrected chi connectivity index (χ0v) is 13.3. The fraction of sp³-hybridized carbons (Fsp3) is 1.00. The van der Waals surface area contributed by atoms with Crippen molar-refractivity contribution in [1.82, 2.24) is 0 Å². The molecule has 18 heavy (non-hydrogen) atoms. The van der Waals surface area contributed by atoms with E-state index in [0.717, 1.165) is 24.8 Å². The maximum absolute atomic E-state index is 6.25. The first-order valence-electron chi connectivity index (χ1n) is 7.79. The molecule has 1 fully saturated rings. The van der Waals surface area contributed by atoms with E-state index in [-0.39, 0.29) is 0 Å². The van der Waals surface area contributed by atoms with Gasteiger partial charge in [-0.2, -0.15) is 0 Å². The Morgan fingerprint density at radius 2 is 1.94 bits per heavy atom. The predicted octanol–water partition coefficient (Wildman–Crippen LogP) is 5.41. The van der Waals surface area contributed by atoms with Gasteiger partial charge in [-0.1, -0.05) is 26.2 Å². The number of alkyl halides is 1. The number of ether oxygens (including phenoxy) is 1. The lowest BCUT2D eigenvalue weighted by Gasteiger charge is -2.39. The number of halogens is 1. The summed E-state index contributed by atoms with van der Waals surface area (Å²) in [4.78, 5) is 0. The molecule has 0 heterocycles. The minimum atomic E-state index is 0.346. The fourth-order valence-electron chi connectivity index (χ4n) is 3.03. The van der Waals surface area contributed by atoms with E-state index in [1.54, 1.807) is 0 Å². The molecule has 0 N–H and O–H groups in total. The van der Waals surface area contributed by atoms with Crippen LogP contribution in [0.5, 0.6) is 0 Å². The van der Waals surface area contributed by atoms with Crippen LogP contribution in [0, 0.1) is 11.3 Å². The van der Waals surface area contributed by atoms with Crippen molar-refractivity contribution in [2.24, 2.45) is 11.3 Å². The molecule has 1 aliphatic carbocycles. The average molecular weight is 275 g/mol. The van der Waals surface area contributed by atoms with Crippen molar-refractivity contribution in [1.29, 1.82) is 0 Å². The smallest absolute Gasteiger partial charge is 0.0518 e. The quantitative estimate of drug-likeness (QED) is 0.538. The largest absolute Gasteiger partial charge is 0.379 e. The monoisotopic (exact) mass is 274 g/mol. The lowest BCUT2D eigenvalue weighted by molar-refractivity contribution is 0.0401. The Kier molecular flexibility index (Phi) is 7.63. The molecular weight excluding hydrogens is 244 g/mol. The molecule has 0 aliphatic heterocycles. The van der Waals surface area contributed by atoms with Crippen LogP contribution in [-0.2, 0) is 4.74 Å². The Morgan fingerprint density at radius 3 is 2.44 bits per heavy atom. The van der Waals surface area contributed by atoms with Crippen LogP contribution < -0.4 is 0 Å². The van der Waals surface area contributed by atoms with Crippen molar-refractivity contribution < 1.29 is 4.74 Å². The molecule has 0 aromatic rings. The van der Waals surface area contributed by atoms with Gasteiger partial charge in [-0.15, -0.1) is 11.6 Å². The van der Waals surface area contributed by atoms with Crippen LogP contribution in [0.3, 0.4) is 0 Å². The van der Waals surface area contributed by atoms with E-state index in [4.69, 9.17) is 16.3 Å². The first kappa shape index (κ1) is 16.3. The van der Waals surface area contributed by atoms with E-state index in [1.165, 1.54) is 44.9 Å². The topological polar surface area (TPSA) is 9.23 Å². The van der Waals surface area contributed by atoms with E-state index in [1.807, 2.05) is 0 Å². The van der Waals surface area contributed by atoms with Gasteiger partial charge in [0.2, 0.25) is 0 Å². The molecule has 108 valence electrons. The molecule has 0 aromatic carbocycles. The van der Waals surface area contributed by atoms with Crippen molar-refractivity contribution in [2.45, 2.75) is 78.2 Å². The molecule has 0 radical (unpaired) electrons. The number of hydrogen-bond acceptors (Lipinski definition) is 1. The average Bonchev–Trinajstić information content (AvgIpc) is 2.37. The Hall–Kier alpha value is 0.250. The maximum Gasteiger partial charge on any atom is 0.0518 e. The highest BCUT2D eigenvalue weighted by molar-refractivity contribution is 6.18. The van der Waals surface area contributed by atoms with Gasteiger partial charge in [-0.25, -0.2) is 0 Å². The van der Waals surface area contributed by atoms with Gasteiger partial charge in [0, 0.05) is 12.5 Å². The van der Waals surface area contributed by atoms with Gasteiger partial charge in [0.15, 0.2) is 0 Å². The maximum atomic E-state index is 6.25. The van der Waals surface area contributed by atoms with Crippen molar-refractivity contribution in [3.8, 4) is 0 Å². The molecule has 0 unspecified atom stereocenters. The highest BCUT2D eigenvalue weighted by Crippen LogP contribution is 2.43. The van der Waals surface area contributed by atoms with Crippen LogP contribution in [0.25, 0.3) is 0 Å². The third-order valence-electron chi connectivity index (χ3n) is 4.50. The number of hydrogen-bond donors (Lipinski definition) is 0. The summed E-state index contributed by atoms with van der Waals surface area (Å²) >= 11 is 6.25. The van der Waals surface area contributed by atoms with E-state index in [2.05, 4.69) is 20.8 Å². The lowest BCUT2D eigenvalue weighted by atomic mass is 9.69. The highest BCUT2D eigenvalue weighted by atomic mass is 35.5. The van der Waals surface area contributed by atoms with Gasteiger partial charge in [0.1, 0.15) is 0 Å². The molecular formula is C16H31ClO. The minimum absolute atomic E-state index is 0.346. The number of rotatable bonds is 8. The Bertz CT molecular complexity index is 207. The SMILES string of the molecule is CCCCC1CCC(CCl)(CCOC(C)C)CC1. The molecule has 0 amide bonds. The Labute approximate surface area is 119 Å². The second kappa shape index (κ2) is 8.43. The van der Waals surface area contributed by atoms with Gasteiger partial charge in [0.25, 0.3) is 0 Å². The molecule has 0 saturated heterocycles. The molecule has 0 spiro atoms. The first-order valence-corrected chi connectivity index (χ1v) is 8.33. The van der Waals surface area contributed by atoms with Crippen molar-refractivity contribution in [2.75, 3.05) is 12.5 Å². The summed E-state index contributed by atoms with van der Waals surface area (Å²) in [7, 11) is 0. The standard InChI is InChI=1S/C16H31ClO/c1-4-5-6-15-7-9-16(13-17,10-8-15)11-12-18-14(2)3/h14-15H,4-13H2,1-3H3. The second-order valence-electron chi connectivity index (χ2n) is 6.39. The number of unbranched alkanes of at least 4 members (excludes halogenated alkanes) is 1. The summed E-state index contributed by atoms with van der Waals surface area (Å²) in [5.74, 6) is 1.78. The van der Waals surface area contributed by atoms with Crippen molar-refractivity contribution in [3.63, 3.8) is 0 Å². The van der Waals surface area contributed by atoms with Crippen molar-refractivity contribution >= 4 is 11.6 Å². The molecule has 1 aliphatic rings. The zero-order chi connectivity index (χ0) is 13.4. The van der Waals surface area contributed by atoms with Crippen LogP contribution in [0.15, 0.2) is 0 Å². The predicted molar refractivity (Wildman–Crippen MR) is 80.3 cm³/mol. The van der Waals surface area contributed by atoms with Crippen LogP contribution in [0.4, 0.5) is 0 Å². The Morgan fingerprint density at radius 1 is 1.28 bits per heavy atom. The summed E-state index contributed by atoms with van der Waals surface area (Å²) in [5.41, 5.74) is 0.374.